The van der Waals surface area contributed by atoms with E-state index in [2.05, 4.69) is 39.3 Å². The topological polar surface area (TPSA) is 90.5 Å². The minimum absolute atomic E-state index is 0.191. The van der Waals surface area contributed by atoms with Crippen molar-refractivity contribution in [3.63, 3.8) is 0 Å². The summed E-state index contributed by atoms with van der Waals surface area (Å²) < 4.78 is 0. The van der Waals surface area contributed by atoms with Gasteiger partial charge in [0.05, 0.1) is 29.0 Å². The lowest BCUT2D eigenvalue weighted by molar-refractivity contribution is 0.0984. The summed E-state index contributed by atoms with van der Waals surface area (Å²) in [5.41, 5.74) is 4.35. The first-order chi connectivity index (χ1) is 18.1. The maximum atomic E-state index is 13.6. The molecule has 2 N–H and O–H groups in total. The van der Waals surface area contributed by atoms with Crippen molar-refractivity contribution in [3.05, 3.63) is 102 Å². The first-order valence-corrected chi connectivity index (χ1v) is 12.3. The molecule has 0 aliphatic carbocycles. The van der Waals surface area contributed by atoms with E-state index in [1.165, 1.54) is 6.20 Å². The third-order valence-corrected chi connectivity index (χ3v) is 6.42. The number of hydrogen-bond donors (Lipinski definition) is 2. The lowest BCUT2D eigenvalue weighted by Crippen LogP contribution is -2.30. The molecule has 0 radical (unpaired) electrons. The van der Waals surface area contributed by atoms with Crippen LogP contribution in [0.3, 0.4) is 0 Å². The SMILES string of the molecule is CCN(CC)c1ccccc1C(=O)Nc1ccc(C(=O)N2Cc3cccnc3Nc3ccccc32)cn1. The minimum atomic E-state index is -0.245. The Labute approximate surface area is 216 Å². The van der Waals surface area contributed by atoms with Crippen LogP contribution >= 0.6 is 0 Å². The molecule has 186 valence electrons. The highest BCUT2D eigenvalue weighted by Crippen LogP contribution is 2.35. The summed E-state index contributed by atoms with van der Waals surface area (Å²) in [5.74, 6) is 0.670. The second-order valence-corrected chi connectivity index (χ2v) is 8.62. The first-order valence-electron chi connectivity index (χ1n) is 12.3. The van der Waals surface area contributed by atoms with Crippen LogP contribution < -0.4 is 20.4 Å². The van der Waals surface area contributed by atoms with Gasteiger partial charge < -0.3 is 20.4 Å². The van der Waals surface area contributed by atoms with Crippen molar-refractivity contribution in [1.29, 1.82) is 0 Å². The Balaban J connectivity index is 1.38. The Kier molecular flexibility index (Phi) is 6.81. The molecule has 4 aromatic rings. The molecule has 2 aromatic heterocycles. The molecule has 2 aromatic carbocycles. The predicted octanol–water partition coefficient (Wildman–Crippen LogP) is 5.48. The van der Waals surface area contributed by atoms with E-state index in [-0.39, 0.29) is 11.8 Å². The smallest absolute Gasteiger partial charge is 0.260 e. The fraction of sp³-hybridized carbons (Fsp3) is 0.172. The van der Waals surface area contributed by atoms with E-state index >= 15 is 0 Å². The fourth-order valence-corrected chi connectivity index (χ4v) is 4.50. The Morgan fingerprint density at radius 3 is 2.51 bits per heavy atom. The molecule has 0 saturated carbocycles. The molecule has 0 fully saturated rings. The summed E-state index contributed by atoms with van der Waals surface area (Å²) in [6.07, 6.45) is 3.22. The Hall–Kier alpha value is -4.72. The van der Waals surface area contributed by atoms with Crippen molar-refractivity contribution in [2.45, 2.75) is 20.4 Å². The second-order valence-electron chi connectivity index (χ2n) is 8.62. The first kappa shape index (κ1) is 24.0. The minimum Gasteiger partial charge on any atom is -0.371 e. The fourth-order valence-electron chi connectivity index (χ4n) is 4.50. The number of para-hydroxylation sites is 3. The van der Waals surface area contributed by atoms with Gasteiger partial charge in [-0.15, -0.1) is 0 Å². The number of nitrogens with one attached hydrogen (secondary N) is 2. The molecule has 8 nitrogen and oxygen atoms in total. The van der Waals surface area contributed by atoms with Gasteiger partial charge in [0.15, 0.2) is 0 Å². The zero-order valence-corrected chi connectivity index (χ0v) is 20.8. The quantitative estimate of drug-likeness (QED) is 0.371. The molecule has 0 atom stereocenters. The molecule has 8 heteroatoms. The number of amides is 2. The van der Waals surface area contributed by atoms with E-state index in [0.717, 1.165) is 41.5 Å². The molecule has 1 aliphatic heterocycles. The number of benzene rings is 2. The van der Waals surface area contributed by atoms with Crippen molar-refractivity contribution in [2.75, 3.05) is 33.5 Å². The summed E-state index contributed by atoms with van der Waals surface area (Å²) in [6.45, 7) is 6.08. The number of carbonyl (C=O) groups is 2. The van der Waals surface area contributed by atoms with Crippen LogP contribution in [0.4, 0.5) is 28.7 Å². The van der Waals surface area contributed by atoms with Crippen molar-refractivity contribution in [1.82, 2.24) is 9.97 Å². The van der Waals surface area contributed by atoms with Crippen LogP contribution in [-0.4, -0.2) is 34.9 Å². The van der Waals surface area contributed by atoms with Gasteiger partial charge in [0.25, 0.3) is 11.8 Å². The zero-order valence-electron chi connectivity index (χ0n) is 20.8. The van der Waals surface area contributed by atoms with Gasteiger partial charge >= 0.3 is 0 Å². The Morgan fingerprint density at radius 1 is 0.946 bits per heavy atom. The molecular weight excluding hydrogens is 464 g/mol. The Bertz CT molecular complexity index is 1430. The van der Waals surface area contributed by atoms with Crippen molar-refractivity contribution in [2.24, 2.45) is 0 Å². The number of nitrogens with zero attached hydrogens (tertiary/aromatic N) is 4. The number of pyridine rings is 2. The molecule has 2 amide bonds. The molecule has 0 bridgehead atoms. The Morgan fingerprint density at radius 2 is 1.73 bits per heavy atom. The second kappa shape index (κ2) is 10.5. The highest BCUT2D eigenvalue weighted by atomic mass is 16.2. The summed E-state index contributed by atoms with van der Waals surface area (Å²) >= 11 is 0. The number of anilines is 5. The van der Waals surface area contributed by atoms with Crippen LogP contribution in [0.25, 0.3) is 0 Å². The molecule has 1 aliphatic rings. The molecule has 0 saturated heterocycles. The zero-order chi connectivity index (χ0) is 25.8. The van der Waals surface area contributed by atoms with Crippen LogP contribution in [0.5, 0.6) is 0 Å². The van der Waals surface area contributed by atoms with Gasteiger partial charge in [-0.05, 0) is 56.3 Å². The van der Waals surface area contributed by atoms with Gasteiger partial charge in [0, 0.05) is 36.7 Å². The van der Waals surface area contributed by atoms with Gasteiger partial charge in [0.1, 0.15) is 11.6 Å². The van der Waals surface area contributed by atoms with E-state index < -0.39 is 0 Å². The van der Waals surface area contributed by atoms with Gasteiger partial charge in [0.2, 0.25) is 0 Å². The average molecular weight is 493 g/mol. The highest BCUT2D eigenvalue weighted by Gasteiger charge is 2.25. The molecule has 5 rings (SSSR count). The normalized spacial score (nSPS) is 12.0. The van der Waals surface area contributed by atoms with E-state index in [9.17, 15) is 9.59 Å². The van der Waals surface area contributed by atoms with Crippen LogP contribution in [-0.2, 0) is 6.54 Å². The van der Waals surface area contributed by atoms with Crippen LogP contribution in [0, 0.1) is 0 Å². The van der Waals surface area contributed by atoms with E-state index in [1.807, 2.05) is 54.6 Å². The van der Waals surface area contributed by atoms with Crippen LogP contribution in [0.1, 0.15) is 40.1 Å². The monoisotopic (exact) mass is 492 g/mol. The van der Waals surface area contributed by atoms with Gasteiger partial charge in [-0.3, -0.25) is 9.59 Å². The van der Waals surface area contributed by atoms with E-state index in [1.54, 1.807) is 29.3 Å². The third-order valence-electron chi connectivity index (χ3n) is 6.42. The number of fused-ring (bicyclic) bond motifs is 2. The number of hydrogen-bond acceptors (Lipinski definition) is 6. The molecular formula is C29H28N6O2. The standard InChI is InChI=1S/C29H28N6O2/c1-3-34(4-2)24-13-7-5-11-22(24)28(36)33-26-16-15-20(18-31-26)29(37)35-19-21-10-9-17-30-27(21)32-23-12-6-8-14-25(23)35/h5-18H,3-4,19H2,1-2H3,(H,30,32)(H,31,33,36). The van der Waals surface area contributed by atoms with Gasteiger partial charge in [-0.2, -0.15) is 0 Å². The van der Waals surface area contributed by atoms with Crippen LogP contribution in [0.2, 0.25) is 0 Å². The summed E-state index contributed by atoms with van der Waals surface area (Å²) in [4.78, 5) is 39.3. The maximum Gasteiger partial charge on any atom is 0.260 e. The van der Waals surface area contributed by atoms with Gasteiger partial charge in [-0.1, -0.05) is 30.3 Å². The summed E-state index contributed by atoms with van der Waals surface area (Å²) in [5, 5.41) is 6.20. The molecule has 0 unspecified atom stereocenters. The number of aromatic nitrogens is 2. The van der Waals surface area contributed by atoms with Gasteiger partial charge in [-0.25, -0.2) is 9.97 Å². The average Bonchev–Trinajstić information content (AvgIpc) is 3.11. The van der Waals surface area contributed by atoms with Crippen molar-refractivity contribution >= 4 is 40.5 Å². The van der Waals surface area contributed by atoms with Crippen molar-refractivity contribution < 1.29 is 9.59 Å². The van der Waals surface area contributed by atoms with E-state index in [0.29, 0.717) is 23.5 Å². The summed E-state index contributed by atoms with van der Waals surface area (Å²) in [6, 6.07) is 22.3. The summed E-state index contributed by atoms with van der Waals surface area (Å²) in [7, 11) is 0. The van der Waals surface area contributed by atoms with Crippen molar-refractivity contribution in [3.8, 4) is 0 Å². The molecule has 3 heterocycles. The molecule has 37 heavy (non-hydrogen) atoms. The number of rotatable bonds is 6. The largest absolute Gasteiger partial charge is 0.371 e. The lowest BCUT2D eigenvalue weighted by atomic mass is 10.1. The predicted molar refractivity (Wildman–Crippen MR) is 147 cm³/mol. The van der Waals surface area contributed by atoms with Crippen LogP contribution in [0.15, 0.2) is 85.2 Å². The highest BCUT2D eigenvalue weighted by molar-refractivity contribution is 6.09. The molecule has 0 spiro atoms. The lowest BCUT2D eigenvalue weighted by Gasteiger charge is -2.23. The maximum absolute atomic E-state index is 13.6. The third kappa shape index (κ3) is 4.86. The van der Waals surface area contributed by atoms with E-state index in [4.69, 9.17) is 0 Å². The number of carbonyl (C=O) groups excluding carboxylic acids is 2.